The minimum atomic E-state index is -3.65. The van der Waals surface area contributed by atoms with Crippen LogP contribution in [0.2, 0.25) is 0 Å². The lowest BCUT2D eigenvalue weighted by atomic mass is 10.2. The highest BCUT2D eigenvalue weighted by molar-refractivity contribution is 7.92. The first-order valence-corrected chi connectivity index (χ1v) is 12.0. The van der Waals surface area contributed by atoms with Gasteiger partial charge in [-0.25, -0.2) is 8.42 Å². The molecule has 0 saturated carbocycles. The van der Waals surface area contributed by atoms with Gasteiger partial charge in [-0.15, -0.1) is 0 Å². The number of hydrogen-bond donors (Lipinski definition) is 0. The van der Waals surface area contributed by atoms with Crippen molar-refractivity contribution in [2.45, 2.75) is 19.9 Å². The maximum Gasteiger partial charge on any atom is 0.246 e. The summed E-state index contributed by atoms with van der Waals surface area (Å²) < 4.78 is 32.1. The van der Waals surface area contributed by atoms with Crippen LogP contribution in [0.3, 0.4) is 0 Å². The van der Waals surface area contributed by atoms with Crippen LogP contribution in [0, 0.1) is 0 Å². The number of anilines is 1. The van der Waals surface area contributed by atoms with Crippen molar-refractivity contribution in [3.63, 3.8) is 0 Å². The summed E-state index contributed by atoms with van der Waals surface area (Å²) in [6.45, 7) is 7.51. The summed E-state index contributed by atoms with van der Waals surface area (Å²) in [5.74, 6) is 1.11. The number of ether oxygens (including phenoxy) is 1. The van der Waals surface area contributed by atoms with Gasteiger partial charge in [-0.1, -0.05) is 25.1 Å². The second-order valence-electron chi connectivity index (χ2n) is 7.40. The number of rotatable bonds is 7. The Morgan fingerprint density at radius 3 is 2.10 bits per heavy atom. The van der Waals surface area contributed by atoms with Gasteiger partial charge in [0.2, 0.25) is 15.9 Å². The molecular formula is C22H29N3O4S. The summed E-state index contributed by atoms with van der Waals surface area (Å²) in [6.07, 6.45) is 1.13. The normalized spacial score (nSPS) is 16.2. The van der Waals surface area contributed by atoms with Gasteiger partial charge in [0, 0.05) is 26.2 Å². The molecule has 1 atom stereocenters. The van der Waals surface area contributed by atoms with Crippen molar-refractivity contribution in [2.24, 2.45) is 0 Å². The van der Waals surface area contributed by atoms with Gasteiger partial charge in [0.05, 0.1) is 11.9 Å². The first-order valence-electron chi connectivity index (χ1n) is 10.1. The van der Waals surface area contributed by atoms with Gasteiger partial charge >= 0.3 is 0 Å². The van der Waals surface area contributed by atoms with Crippen molar-refractivity contribution in [1.82, 2.24) is 9.80 Å². The standard InChI is InChI=1S/C22H29N3O4S/c1-4-23-14-16-24(17-15-23)22(26)18(2)25(30(3,27)28)19-10-12-21(13-11-19)29-20-8-6-5-7-9-20/h5-13,18H,4,14-17H2,1-3H3/t18-/m0/s1. The highest BCUT2D eigenvalue weighted by Crippen LogP contribution is 2.27. The zero-order valence-electron chi connectivity index (χ0n) is 17.7. The molecule has 0 aliphatic carbocycles. The summed E-state index contributed by atoms with van der Waals surface area (Å²) in [7, 11) is -3.65. The summed E-state index contributed by atoms with van der Waals surface area (Å²) in [4.78, 5) is 17.1. The monoisotopic (exact) mass is 431 g/mol. The fourth-order valence-corrected chi connectivity index (χ4v) is 4.81. The Morgan fingerprint density at radius 2 is 1.57 bits per heavy atom. The molecule has 1 aliphatic rings. The lowest BCUT2D eigenvalue weighted by Crippen LogP contribution is -2.55. The maximum absolute atomic E-state index is 13.0. The van der Waals surface area contributed by atoms with E-state index in [1.807, 2.05) is 30.3 Å². The number of carbonyl (C=O) groups excluding carboxylic acids is 1. The van der Waals surface area contributed by atoms with E-state index >= 15 is 0 Å². The molecule has 1 fully saturated rings. The number of para-hydroxylation sites is 1. The molecular weight excluding hydrogens is 402 g/mol. The number of carbonyl (C=O) groups is 1. The number of nitrogens with zero attached hydrogens (tertiary/aromatic N) is 3. The number of piperazine rings is 1. The largest absolute Gasteiger partial charge is 0.457 e. The molecule has 0 N–H and O–H groups in total. The highest BCUT2D eigenvalue weighted by atomic mass is 32.2. The number of likely N-dealkylation sites (N-methyl/N-ethyl adjacent to an activating group) is 1. The van der Waals surface area contributed by atoms with Crippen LogP contribution in [0.25, 0.3) is 0 Å². The lowest BCUT2D eigenvalue weighted by Gasteiger charge is -2.37. The van der Waals surface area contributed by atoms with Crippen molar-refractivity contribution < 1.29 is 17.9 Å². The molecule has 0 spiro atoms. The quantitative estimate of drug-likeness (QED) is 0.674. The minimum absolute atomic E-state index is 0.180. The van der Waals surface area contributed by atoms with Crippen LogP contribution in [0.1, 0.15) is 13.8 Å². The molecule has 1 amide bonds. The van der Waals surface area contributed by atoms with E-state index in [0.29, 0.717) is 30.3 Å². The van der Waals surface area contributed by atoms with E-state index < -0.39 is 16.1 Å². The summed E-state index contributed by atoms with van der Waals surface area (Å²) >= 11 is 0. The molecule has 0 unspecified atom stereocenters. The van der Waals surface area contributed by atoms with E-state index in [1.54, 1.807) is 36.1 Å². The Hall–Kier alpha value is -2.58. The van der Waals surface area contributed by atoms with Gasteiger partial charge in [0.25, 0.3) is 0 Å². The van der Waals surface area contributed by atoms with Gasteiger partial charge in [-0.2, -0.15) is 0 Å². The smallest absolute Gasteiger partial charge is 0.246 e. The average molecular weight is 432 g/mol. The molecule has 162 valence electrons. The SMILES string of the molecule is CCN1CCN(C(=O)[C@H](C)N(c2ccc(Oc3ccccc3)cc2)S(C)(=O)=O)CC1. The average Bonchev–Trinajstić information content (AvgIpc) is 2.74. The maximum atomic E-state index is 13.0. The topological polar surface area (TPSA) is 70.2 Å². The first kappa shape index (κ1) is 22.1. The summed E-state index contributed by atoms with van der Waals surface area (Å²) in [5.41, 5.74) is 0.436. The fraction of sp³-hybridized carbons (Fsp3) is 0.409. The van der Waals surface area contributed by atoms with Crippen LogP contribution in [0.4, 0.5) is 5.69 Å². The molecule has 1 aliphatic heterocycles. The molecule has 8 heteroatoms. The molecule has 0 aromatic heterocycles. The second kappa shape index (κ2) is 9.49. The zero-order valence-corrected chi connectivity index (χ0v) is 18.5. The Kier molecular flexibility index (Phi) is 6.99. The molecule has 3 rings (SSSR count). The third-order valence-corrected chi connectivity index (χ3v) is 6.51. The van der Waals surface area contributed by atoms with Gasteiger partial charge in [-0.3, -0.25) is 9.10 Å². The van der Waals surface area contributed by atoms with Crippen LogP contribution >= 0.6 is 0 Å². The van der Waals surface area contributed by atoms with Crippen molar-refractivity contribution >= 4 is 21.6 Å². The van der Waals surface area contributed by atoms with Gasteiger partial charge in [-0.05, 0) is 49.9 Å². The van der Waals surface area contributed by atoms with Gasteiger partial charge in [0.1, 0.15) is 17.5 Å². The fourth-order valence-electron chi connectivity index (χ4n) is 3.64. The van der Waals surface area contributed by atoms with Crippen LogP contribution in [0.15, 0.2) is 54.6 Å². The second-order valence-corrected chi connectivity index (χ2v) is 9.26. The predicted octanol–water partition coefficient (Wildman–Crippen LogP) is 2.80. The predicted molar refractivity (Wildman–Crippen MR) is 118 cm³/mol. The first-order chi connectivity index (χ1) is 14.3. The van der Waals surface area contributed by atoms with Crippen molar-refractivity contribution in [1.29, 1.82) is 0 Å². The third-order valence-electron chi connectivity index (χ3n) is 5.27. The molecule has 30 heavy (non-hydrogen) atoms. The lowest BCUT2D eigenvalue weighted by molar-refractivity contribution is -0.133. The Morgan fingerprint density at radius 1 is 1.00 bits per heavy atom. The van der Waals surface area contributed by atoms with E-state index in [-0.39, 0.29) is 5.91 Å². The molecule has 1 saturated heterocycles. The molecule has 2 aromatic rings. The van der Waals surface area contributed by atoms with E-state index in [1.165, 1.54) is 4.31 Å². The number of hydrogen-bond acceptors (Lipinski definition) is 5. The molecule has 0 bridgehead atoms. The summed E-state index contributed by atoms with van der Waals surface area (Å²) in [6, 6.07) is 15.3. The minimum Gasteiger partial charge on any atom is -0.457 e. The summed E-state index contributed by atoms with van der Waals surface area (Å²) in [5, 5.41) is 0. The van der Waals surface area contributed by atoms with Gasteiger partial charge < -0.3 is 14.5 Å². The molecule has 0 radical (unpaired) electrons. The third kappa shape index (κ3) is 5.31. The number of amides is 1. The van der Waals surface area contributed by atoms with Gasteiger partial charge in [0.15, 0.2) is 0 Å². The van der Waals surface area contributed by atoms with E-state index in [2.05, 4.69) is 11.8 Å². The molecule has 7 nitrogen and oxygen atoms in total. The van der Waals surface area contributed by atoms with Crippen LogP contribution in [-0.4, -0.2) is 69.1 Å². The van der Waals surface area contributed by atoms with Crippen LogP contribution in [0.5, 0.6) is 11.5 Å². The number of sulfonamides is 1. The van der Waals surface area contributed by atoms with E-state index in [4.69, 9.17) is 4.74 Å². The Bertz CT molecular complexity index is 940. The van der Waals surface area contributed by atoms with Crippen molar-refractivity contribution in [3.05, 3.63) is 54.6 Å². The Balaban J connectivity index is 1.76. The van der Waals surface area contributed by atoms with Crippen LogP contribution < -0.4 is 9.04 Å². The van der Waals surface area contributed by atoms with Crippen LogP contribution in [-0.2, 0) is 14.8 Å². The van der Waals surface area contributed by atoms with E-state index in [0.717, 1.165) is 25.9 Å². The van der Waals surface area contributed by atoms with Crippen molar-refractivity contribution in [3.8, 4) is 11.5 Å². The van der Waals surface area contributed by atoms with E-state index in [9.17, 15) is 13.2 Å². The number of benzene rings is 2. The zero-order chi connectivity index (χ0) is 21.7. The molecule has 1 heterocycles. The highest BCUT2D eigenvalue weighted by Gasteiger charge is 2.33. The Labute approximate surface area is 178 Å². The molecule has 2 aromatic carbocycles. The van der Waals surface area contributed by atoms with Crippen molar-refractivity contribution in [2.75, 3.05) is 43.3 Å².